The number of nitrogens with zero attached hydrogens (tertiary/aromatic N) is 6. The van der Waals surface area contributed by atoms with Crippen LogP contribution in [-0.2, 0) is 29.9 Å². The molecule has 2 amide bonds. The normalized spacial score (nSPS) is 19.7. The Labute approximate surface area is 356 Å². The SMILES string of the molecule is CC1C2c3c(C(F)(F)F)nn(CC(=O)N[C@@H](Cc4cc(F)cc(F)c4)c4nc5nc(N6CCN(c7ccc(Cl)cc7)CC6)sc5cc4-c4ccc(F)c(C(N)=O)c4)c3C(F)(F)C12. The molecule has 3 aliphatic rings. The fraction of sp³-hybridized carbons (Fsp3) is 0.310. The smallest absolute Gasteiger partial charge is 0.368 e. The lowest BCUT2D eigenvalue weighted by molar-refractivity contribution is -0.142. The van der Waals surface area contributed by atoms with E-state index >= 15 is 8.78 Å². The monoisotopic (exact) mass is 900 g/mol. The average molecular weight is 901 g/mol. The third-order valence-electron chi connectivity index (χ3n) is 11.7. The van der Waals surface area contributed by atoms with Gasteiger partial charge in [-0.3, -0.25) is 14.3 Å². The van der Waals surface area contributed by atoms with Crippen molar-refractivity contribution in [2.24, 2.45) is 17.6 Å². The summed E-state index contributed by atoms with van der Waals surface area (Å²) in [6.07, 6.45) is -5.48. The maximum atomic E-state index is 15.7. The number of pyridine rings is 1. The molecule has 4 atom stereocenters. The molecule has 10 nitrogen and oxygen atoms in total. The van der Waals surface area contributed by atoms with Crippen molar-refractivity contribution < 1.29 is 44.7 Å². The second-order valence-electron chi connectivity index (χ2n) is 15.7. The van der Waals surface area contributed by atoms with Gasteiger partial charge in [-0.05, 0) is 78.1 Å². The van der Waals surface area contributed by atoms with E-state index in [0.717, 1.165) is 23.9 Å². The molecule has 3 N–H and O–H groups in total. The van der Waals surface area contributed by atoms with Crippen LogP contribution in [-0.4, -0.2) is 57.7 Å². The number of alkyl halides is 5. The number of nitrogens with two attached hydrogens (primary N) is 1. The number of rotatable bonds is 10. The van der Waals surface area contributed by atoms with E-state index in [0.29, 0.717) is 51.8 Å². The van der Waals surface area contributed by atoms with Gasteiger partial charge in [-0.1, -0.05) is 35.9 Å². The zero-order valence-corrected chi connectivity index (χ0v) is 33.9. The van der Waals surface area contributed by atoms with Gasteiger partial charge in [0.15, 0.2) is 16.5 Å². The van der Waals surface area contributed by atoms with Crippen molar-refractivity contribution in [1.29, 1.82) is 0 Å². The number of benzene rings is 3. The van der Waals surface area contributed by atoms with Crippen LogP contribution in [0.25, 0.3) is 21.5 Å². The average Bonchev–Trinajstić information content (AvgIpc) is 3.45. The lowest BCUT2D eigenvalue weighted by atomic mass is 9.94. The number of nitrogens with one attached hydrogen (secondary N) is 1. The summed E-state index contributed by atoms with van der Waals surface area (Å²) in [7, 11) is 0. The first kappa shape index (κ1) is 41.5. The van der Waals surface area contributed by atoms with Gasteiger partial charge in [0.05, 0.1) is 22.0 Å². The molecule has 3 unspecified atom stereocenters. The zero-order valence-electron chi connectivity index (χ0n) is 32.3. The molecule has 3 aromatic heterocycles. The van der Waals surface area contributed by atoms with Crippen LogP contribution in [0.5, 0.6) is 0 Å². The van der Waals surface area contributed by atoms with Gasteiger partial charge in [0.2, 0.25) is 5.91 Å². The minimum absolute atomic E-state index is 0.00931. The van der Waals surface area contributed by atoms with Crippen LogP contribution < -0.4 is 20.9 Å². The van der Waals surface area contributed by atoms with Crippen LogP contribution >= 0.6 is 22.9 Å². The number of thiazole rings is 1. The maximum absolute atomic E-state index is 15.7. The molecule has 0 bridgehead atoms. The predicted molar refractivity (Wildman–Crippen MR) is 215 cm³/mol. The van der Waals surface area contributed by atoms with E-state index in [9.17, 15) is 35.9 Å². The van der Waals surface area contributed by atoms with Gasteiger partial charge in [0, 0.05) is 65.9 Å². The van der Waals surface area contributed by atoms with Gasteiger partial charge >= 0.3 is 6.18 Å². The molecule has 4 heterocycles. The Morgan fingerprint density at radius 2 is 1.63 bits per heavy atom. The lowest BCUT2D eigenvalue weighted by Crippen LogP contribution is -2.46. The van der Waals surface area contributed by atoms with Crippen LogP contribution in [0.1, 0.15) is 57.5 Å². The number of hydrogen-bond donors (Lipinski definition) is 2. The van der Waals surface area contributed by atoms with Gasteiger partial charge < -0.3 is 20.9 Å². The van der Waals surface area contributed by atoms with Crippen molar-refractivity contribution in [2.45, 2.75) is 43.9 Å². The molecule has 9 rings (SSSR count). The van der Waals surface area contributed by atoms with Gasteiger partial charge in [0.1, 0.15) is 29.7 Å². The number of halogens is 9. The molecule has 1 saturated heterocycles. The number of fused-ring (bicyclic) bond motifs is 4. The number of piperazine rings is 1. The van der Waals surface area contributed by atoms with Crippen LogP contribution in [0.15, 0.2) is 66.7 Å². The molecule has 2 aliphatic carbocycles. The fourth-order valence-electron chi connectivity index (χ4n) is 8.83. The van der Waals surface area contributed by atoms with Crippen LogP contribution in [0.4, 0.5) is 45.9 Å². The summed E-state index contributed by atoms with van der Waals surface area (Å²) in [6, 6.07) is 13.8. The van der Waals surface area contributed by atoms with Crippen molar-refractivity contribution in [3.63, 3.8) is 0 Å². The third kappa shape index (κ3) is 7.47. The van der Waals surface area contributed by atoms with E-state index in [1.807, 2.05) is 17.0 Å². The number of carbonyl (C=O) groups is 2. The van der Waals surface area contributed by atoms with E-state index in [-0.39, 0.29) is 34.5 Å². The number of carbonyl (C=O) groups excluding carboxylic acids is 2. The predicted octanol–water partition coefficient (Wildman–Crippen LogP) is 8.62. The Hall–Kier alpha value is -5.82. The molecule has 6 aromatic rings. The van der Waals surface area contributed by atoms with Crippen molar-refractivity contribution in [3.8, 4) is 11.1 Å². The van der Waals surface area contributed by atoms with Crippen LogP contribution in [0.3, 0.4) is 0 Å². The summed E-state index contributed by atoms with van der Waals surface area (Å²) in [6.45, 7) is 2.76. The zero-order chi connectivity index (χ0) is 44.0. The second kappa shape index (κ2) is 15.2. The van der Waals surface area contributed by atoms with Crippen LogP contribution in [0.2, 0.25) is 5.02 Å². The summed E-state index contributed by atoms with van der Waals surface area (Å²) in [5.41, 5.74) is 3.44. The van der Waals surface area contributed by atoms with Gasteiger partial charge in [-0.15, -0.1) is 0 Å². The molecule has 62 heavy (non-hydrogen) atoms. The topological polar surface area (TPSA) is 122 Å². The summed E-state index contributed by atoms with van der Waals surface area (Å²) in [5.74, 6) is -11.9. The molecule has 0 spiro atoms. The highest BCUT2D eigenvalue weighted by atomic mass is 35.5. The molecular formula is C42H33ClF8N8O2S. The summed E-state index contributed by atoms with van der Waals surface area (Å²) in [5, 5.41) is 7.32. The van der Waals surface area contributed by atoms with Gasteiger partial charge in [-0.25, -0.2) is 18.2 Å². The highest BCUT2D eigenvalue weighted by molar-refractivity contribution is 7.22. The highest BCUT2D eigenvalue weighted by Gasteiger charge is 2.72. The minimum Gasteiger partial charge on any atom is -0.368 e. The van der Waals surface area contributed by atoms with E-state index < -0.39 is 94.2 Å². The molecule has 1 aliphatic heterocycles. The summed E-state index contributed by atoms with van der Waals surface area (Å²) < 4.78 is 119. The Morgan fingerprint density at radius 1 is 0.952 bits per heavy atom. The molecular weight excluding hydrogens is 868 g/mol. The largest absolute Gasteiger partial charge is 0.435 e. The van der Waals surface area contributed by atoms with E-state index in [2.05, 4.69) is 15.3 Å². The standard InChI is InChI=1S/C42H33ClF8N8O2S/c1-19-32-33-36(42(49,50)51)56-59(37(33)41(47,48)34(19)32)18-31(60)53-29(14-20-12-23(44)16-24(45)13-20)35-26(21-2-7-28(46)27(15-21)38(52)61)17-30-39(54-35)55-40(62-30)58-10-8-57(9-11-58)25-5-3-22(43)4-6-25/h2-7,12-13,15-17,19,29,32,34H,8-11,14,18H2,1H3,(H2,52,61)(H,53,60)/t19?,29-,32?,34?/m0/s1. The third-order valence-corrected chi connectivity index (χ3v) is 13.0. The van der Waals surface area contributed by atoms with Crippen molar-refractivity contribution in [1.82, 2.24) is 25.1 Å². The number of aromatic nitrogens is 4. The Morgan fingerprint density at radius 3 is 2.29 bits per heavy atom. The molecule has 3 aromatic carbocycles. The molecule has 1 saturated carbocycles. The number of hydrogen-bond acceptors (Lipinski definition) is 8. The van der Waals surface area contributed by atoms with E-state index in [1.54, 1.807) is 18.2 Å². The summed E-state index contributed by atoms with van der Waals surface area (Å²) >= 11 is 7.35. The number of anilines is 2. The highest BCUT2D eigenvalue weighted by Crippen LogP contribution is 2.71. The Balaban J connectivity index is 1.11. The van der Waals surface area contributed by atoms with E-state index in [1.165, 1.54) is 30.4 Å². The first-order chi connectivity index (χ1) is 29.4. The van der Waals surface area contributed by atoms with Crippen LogP contribution in [0, 0.1) is 29.3 Å². The molecule has 2 fully saturated rings. The first-order valence-corrected chi connectivity index (χ1v) is 20.5. The minimum atomic E-state index is -5.09. The Bertz CT molecular complexity index is 2750. The quantitative estimate of drug-likeness (QED) is 0.132. The molecule has 322 valence electrons. The second-order valence-corrected chi connectivity index (χ2v) is 17.1. The molecule has 0 radical (unpaired) electrons. The maximum Gasteiger partial charge on any atom is 0.435 e. The number of amides is 2. The fourth-order valence-corrected chi connectivity index (χ4v) is 9.96. The van der Waals surface area contributed by atoms with Gasteiger partial charge in [0.25, 0.3) is 11.8 Å². The van der Waals surface area contributed by atoms with Crippen molar-refractivity contribution >= 4 is 55.9 Å². The summed E-state index contributed by atoms with van der Waals surface area (Å²) in [4.78, 5) is 40.1. The first-order valence-electron chi connectivity index (χ1n) is 19.3. The van der Waals surface area contributed by atoms with Gasteiger partial charge in [-0.2, -0.15) is 32.0 Å². The van der Waals surface area contributed by atoms with Crippen molar-refractivity contribution in [3.05, 3.63) is 123 Å². The lowest BCUT2D eigenvalue weighted by Gasteiger charge is -2.35. The molecule has 20 heteroatoms. The Kier molecular flexibility index (Phi) is 10.2. The number of primary amides is 1. The van der Waals surface area contributed by atoms with Crippen molar-refractivity contribution in [2.75, 3.05) is 36.0 Å². The van der Waals surface area contributed by atoms with E-state index in [4.69, 9.17) is 27.3 Å².